The van der Waals surface area contributed by atoms with Crippen LogP contribution in [0.3, 0.4) is 0 Å². The van der Waals surface area contributed by atoms with E-state index >= 15 is 0 Å². The third-order valence-electron chi connectivity index (χ3n) is 7.06. The largest absolute Gasteiger partial charge is 0.382 e. The fraction of sp³-hybridized carbons (Fsp3) is 0.407. The van der Waals surface area contributed by atoms with Gasteiger partial charge in [0.15, 0.2) is 5.13 Å². The first kappa shape index (κ1) is 22.9. The summed E-state index contributed by atoms with van der Waals surface area (Å²) in [6.45, 7) is 6.87. The first-order chi connectivity index (χ1) is 16.6. The number of aryl methyl sites for hydroxylation is 1. The van der Waals surface area contributed by atoms with Crippen molar-refractivity contribution >= 4 is 39.4 Å². The van der Waals surface area contributed by atoms with Crippen LogP contribution < -0.4 is 16.0 Å². The summed E-state index contributed by atoms with van der Waals surface area (Å²) in [5.41, 5.74) is 10.1. The van der Waals surface area contributed by atoms with Crippen molar-refractivity contribution in [1.82, 2.24) is 9.88 Å². The van der Waals surface area contributed by atoms with Crippen LogP contribution in [0.1, 0.15) is 53.4 Å². The molecule has 2 saturated heterocycles. The van der Waals surface area contributed by atoms with Gasteiger partial charge in [0.1, 0.15) is 10.7 Å². The number of nitrogen functional groups attached to an aromatic ring is 1. The number of nitrogens with zero attached hydrogens (tertiary/aromatic N) is 3. The summed E-state index contributed by atoms with van der Waals surface area (Å²) >= 11 is 1.30. The van der Waals surface area contributed by atoms with Crippen molar-refractivity contribution in [3.05, 3.63) is 64.5 Å². The third kappa shape index (κ3) is 4.95. The van der Waals surface area contributed by atoms with E-state index in [0.717, 1.165) is 36.8 Å². The number of aromatic nitrogens is 1. The van der Waals surface area contributed by atoms with Crippen LogP contribution in [0.5, 0.6) is 0 Å². The predicted octanol–water partition coefficient (Wildman–Crippen LogP) is 5.33. The number of thiazole rings is 1. The number of nitrogens with two attached hydrogens (primary N) is 1. The van der Waals surface area contributed by atoms with Gasteiger partial charge in [-0.2, -0.15) is 0 Å². The maximum absolute atomic E-state index is 13.0. The normalized spacial score (nSPS) is 17.3. The zero-order valence-electron chi connectivity index (χ0n) is 19.8. The Morgan fingerprint density at radius 3 is 2.53 bits per heavy atom. The van der Waals surface area contributed by atoms with E-state index < -0.39 is 0 Å². The van der Waals surface area contributed by atoms with Crippen molar-refractivity contribution < 1.29 is 4.79 Å². The molecular weight excluding hydrogens is 442 g/mol. The van der Waals surface area contributed by atoms with Crippen LogP contribution in [-0.4, -0.2) is 47.9 Å². The molecule has 2 aromatic carbocycles. The van der Waals surface area contributed by atoms with E-state index in [0.29, 0.717) is 15.6 Å². The quantitative estimate of drug-likeness (QED) is 0.450. The summed E-state index contributed by atoms with van der Waals surface area (Å²) in [6, 6.07) is 16.9. The first-order valence-electron chi connectivity index (χ1n) is 12.4. The number of ketones is 1. The molecule has 178 valence electrons. The molecule has 2 fully saturated rings. The number of anilines is 4. The molecule has 5 rings (SSSR count). The van der Waals surface area contributed by atoms with Gasteiger partial charge in [0.05, 0.1) is 0 Å². The summed E-state index contributed by atoms with van der Waals surface area (Å²) in [6.07, 6.45) is 6.10. The average Bonchev–Trinajstić information content (AvgIpc) is 3.54. The van der Waals surface area contributed by atoms with Gasteiger partial charge in [0.2, 0.25) is 5.78 Å². The molecular formula is C27H33N5OS. The number of piperidine rings is 1. The molecule has 0 bridgehead atoms. The standard InChI is InChI=1S/C27H33N5OS/c1-2-19-6-5-7-20(18-19)24(33)25-26(28)30-27(34-25)29-21-8-10-22(11-9-21)32-16-12-23(13-17-32)31-14-3-4-15-31/h5-11,18,23H,2-4,12-17,28H2,1H3,(H,29,30). The SMILES string of the molecule is CCc1cccc(C(=O)c2sc(Nc3ccc(N4CCC(N5CCCC5)CC4)cc3)nc2N)c1. The predicted molar refractivity (Wildman–Crippen MR) is 142 cm³/mol. The number of hydrogen-bond donors (Lipinski definition) is 2. The zero-order valence-corrected chi connectivity index (χ0v) is 20.6. The number of nitrogens with one attached hydrogen (secondary N) is 1. The van der Waals surface area contributed by atoms with E-state index in [1.54, 1.807) is 0 Å². The highest BCUT2D eigenvalue weighted by Gasteiger charge is 2.26. The van der Waals surface area contributed by atoms with Crippen molar-refractivity contribution in [2.75, 3.05) is 42.1 Å². The van der Waals surface area contributed by atoms with Crippen LogP contribution in [0.25, 0.3) is 0 Å². The lowest BCUT2D eigenvalue weighted by atomic mass is 10.0. The Balaban J connectivity index is 1.21. The lowest BCUT2D eigenvalue weighted by Crippen LogP contribution is -2.43. The summed E-state index contributed by atoms with van der Waals surface area (Å²) in [5.74, 6) is 0.197. The van der Waals surface area contributed by atoms with Gasteiger partial charge in [-0.25, -0.2) is 4.98 Å². The molecule has 0 unspecified atom stereocenters. The molecule has 2 aliphatic heterocycles. The molecule has 0 spiro atoms. The Labute approximate surface area is 205 Å². The minimum atomic E-state index is -0.0777. The maximum Gasteiger partial charge on any atom is 0.206 e. The second-order valence-corrected chi connectivity index (χ2v) is 10.2. The van der Waals surface area contributed by atoms with Crippen molar-refractivity contribution in [3.63, 3.8) is 0 Å². The van der Waals surface area contributed by atoms with E-state index in [1.807, 2.05) is 24.3 Å². The average molecular weight is 476 g/mol. The van der Waals surface area contributed by atoms with Crippen LogP contribution in [0.2, 0.25) is 0 Å². The van der Waals surface area contributed by atoms with Gasteiger partial charge in [0.25, 0.3) is 0 Å². The lowest BCUT2D eigenvalue weighted by molar-refractivity contribution is 0.104. The van der Waals surface area contributed by atoms with Crippen LogP contribution in [0, 0.1) is 0 Å². The summed E-state index contributed by atoms with van der Waals surface area (Å²) in [7, 11) is 0. The van der Waals surface area contributed by atoms with Gasteiger partial charge >= 0.3 is 0 Å². The Hall–Kier alpha value is -2.90. The lowest BCUT2D eigenvalue weighted by Gasteiger charge is -2.37. The second-order valence-electron chi connectivity index (χ2n) is 9.25. The molecule has 34 heavy (non-hydrogen) atoms. The van der Waals surface area contributed by atoms with Crippen molar-refractivity contribution in [1.29, 1.82) is 0 Å². The molecule has 6 nitrogen and oxygen atoms in total. The molecule has 0 radical (unpaired) electrons. The molecule has 0 saturated carbocycles. The summed E-state index contributed by atoms with van der Waals surface area (Å²) in [5, 5.41) is 3.95. The highest BCUT2D eigenvalue weighted by Crippen LogP contribution is 2.31. The van der Waals surface area contributed by atoms with E-state index in [1.165, 1.54) is 55.8 Å². The number of rotatable bonds is 7. The Bertz CT molecular complexity index is 1130. The van der Waals surface area contributed by atoms with Crippen LogP contribution in [0.4, 0.5) is 22.3 Å². The first-order valence-corrected chi connectivity index (χ1v) is 13.2. The van der Waals surface area contributed by atoms with Crippen molar-refractivity contribution in [2.45, 2.75) is 45.1 Å². The van der Waals surface area contributed by atoms with Gasteiger partial charge in [0, 0.05) is 36.1 Å². The summed E-state index contributed by atoms with van der Waals surface area (Å²) in [4.78, 5) is 23.0. The number of likely N-dealkylation sites (tertiary alicyclic amines) is 1. The fourth-order valence-corrected chi connectivity index (χ4v) is 5.95. The molecule has 1 aromatic heterocycles. The monoisotopic (exact) mass is 475 g/mol. The van der Waals surface area contributed by atoms with Gasteiger partial charge < -0.3 is 20.9 Å². The van der Waals surface area contributed by atoms with E-state index in [-0.39, 0.29) is 11.6 Å². The van der Waals surface area contributed by atoms with Gasteiger partial charge in [-0.05, 0) is 81.1 Å². The van der Waals surface area contributed by atoms with Crippen LogP contribution in [0.15, 0.2) is 48.5 Å². The Morgan fingerprint density at radius 2 is 1.82 bits per heavy atom. The molecule has 3 aromatic rings. The van der Waals surface area contributed by atoms with Crippen LogP contribution in [-0.2, 0) is 6.42 Å². The maximum atomic E-state index is 13.0. The van der Waals surface area contributed by atoms with E-state index in [9.17, 15) is 4.79 Å². The number of carbonyl (C=O) groups excluding carboxylic acids is 1. The van der Waals surface area contributed by atoms with E-state index in [4.69, 9.17) is 5.73 Å². The highest BCUT2D eigenvalue weighted by atomic mass is 32.1. The van der Waals surface area contributed by atoms with Gasteiger partial charge in [-0.1, -0.05) is 36.5 Å². The second kappa shape index (κ2) is 10.2. The van der Waals surface area contributed by atoms with E-state index in [2.05, 4.69) is 51.3 Å². The third-order valence-corrected chi connectivity index (χ3v) is 8.05. The Kier molecular flexibility index (Phi) is 6.83. The minimum Gasteiger partial charge on any atom is -0.382 e. The number of benzene rings is 2. The molecule has 3 N–H and O–H groups in total. The molecule has 0 atom stereocenters. The van der Waals surface area contributed by atoms with Gasteiger partial charge in [-0.15, -0.1) is 0 Å². The van der Waals surface area contributed by atoms with Crippen LogP contribution >= 0.6 is 11.3 Å². The van der Waals surface area contributed by atoms with Gasteiger partial charge in [-0.3, -0.25) is 4.79 Å². The molecule has 7 heteroatoms. The molecule has 0 amide bonds. The molecule has 3 heterocycles. The smallest absolute Gasteiger partial charge is 0.206 e. The number of carbonyl (C=O) groups is 1. The van der Waals surface area contributed by atoms with Crippen molar-refractivity contribution in [2.24, 2.45) is 0 Å². The summed E-state index contributed by atoms with van der Waals surface area (Å²) < 4.78 is 0. The molecule has 0 aliphatic carbocycles. The topological polar surface area (TPSA) is 74.5 Å². The fourth-order valence-electron chi connectivity index (χ4n) is 5.09. The van der Waals surface area contributed by atoms with Crippen molar-refractivity contribution in [3.8, 4) is 0 Å². The molecule has 2 aliphatic rings. The number of hydrogen-bond acceptors (Lipinski definition) is 7. The Morgan fingerprint density at radius 1 is 1.09 bits per heavy atom. The zero-order chi connectivity index (χ0) is 23.5. The minimum absolute atomic E-state index is 0.0777. The highest BCUT2D eigenvalue weighted by molar-refractivity contribution is 7.18.